The van der Waals surface area contributed by atoms with E-state index in [9.17, 15) is 13.6 Å². The van der Waals surface area contributed by atoms with Crippen molar-refractivity contribution in [2.24, 2.45) is 5.92 Å². The van der Waals surface area contributed by atoms with Crippen LogP contribution in [0.1, 0.15) is 28.8 Å². The van der Waals surface area contributed by atoms with Crippen LogP contribution in [0.3, 0.4) is 0 Å². The van der Waals surface area contributed by atoms with Crippen LogP contribution in [0, 0.1) is 12.8 Å². The lowest BCUT2D eigenvalue weighted by atomic mass is 9.82. The van der Waals surface area contributed by atoms with E-state index in [1.807, 2.05) is 0 Å². The van der Waals surface area contributed by atoms with E-state index in [1.54, 1.807) is 6.92 Å². The van der Waals surface area contributed by atoms with Crippen molar-refractivity contribution in [1.82, 2.24) is 0 Å². The van der Waals surface area contributed by atoms with Crippen LogP contribution >= 0.6 is 11.6 Å². The molecule has 1 aromatic carbocycles. The maximum atomic E-state index is 12.7. The Kier molecular flexibility index (Phi) is 3.67. The van der Waals surface area contributed by atoms with Crippen molar-refractivity contribution in [3.8, 4) is 5.75 Å². The number of alkyl halides is 2. The Balaban J connectivity index is 2.02. The van der Waals surface area contributed by atoms with Crippen LogP contribution in [0.4, 0.5) is 8.78 Å². The van der Waals surface area contributed by atoms with E-state index in [0.717, 1.165) is 0 Å². The molecule has 0 aromatic heterocycles. The normalized spacial score (nSPS) is 17.9. The van der Waals surface area contributed by atoms with Crippen LogP contribution in [0.25, 0.3) is 0 Å². The maximum Gasteiger partial charge on any atom is 0.336 e. The molecular formula is C13H13ClF2O3. The number of carboxylic acids is 1. The summed E-state index contributed by atoms with van der Waals surface area (Å²) >= 11 is 6.01. The van der Waals surface area contributed by atoms with Gasteiger partial charge >= 0.3 is 5.97 Å². The standard InChI is InChI=1S/C13H13ClF2O3/c1-7-9(12(17)18)2-3-10(11(7)14)19-6-8-4-13(15,16)5-8/h2-3,8H,4-6H2,1H3,(H,17,18). The van der Waals surface area contributed by atoms with Gasteiger partial charge in [-0.3, -0.25) is 0 Å². The fourth-order valence-corrected chi connectivity index (χ4v) is 2.33. The second kappa shape index (κ2) is 4.96. The van der Waals surface area contributed by atoms with Crippen molar-refractivity contribution >= 4 is 17.6 Å². The molecule has 1 saturated carbocycles. The predicted octanol–water partition coefficient (Wildman–Crippen LogP) is 3.77. The van der Waals surface area contributed by atoms with Crippen molar-refractivity contribution in [2.45, 2.75) is 25.7 Å². The predicted molar refractivity (Wildman–Crippen MR) is 66.3 cm³/mol. The van der Waals surface area contributed by atoms with E-state index in [1.165, 1.54) is 12.1 Å². The molecule has 6 heteroatoms. The number of halogens is 3. The minimum Gasteiger partial charge on any atom is -0.492 e. The molecule has 3 nitrogen and oxygen atoms in total. The molecule has 0 heterocycles. The van der Waals surface area contributed by atoms with E-state index in [-0.39, 0.29) is 36.0 Å². The summed E-state index contributed by atoms with van der Waals surface area (Å²) in [7, 11) is 0. The third-order valence-corrected chi connectivity index (χ3v) is 3.70. The maximum absolute atomic E-state index is 12.7. The highest BCUT2D eigenvalue weighted by molar-refractivity contribution is 6.33. The van der Waals surface area contributed by atoms with Crippen molar-refractivity contribution in [1.29, 1.82) is 0 Å². The summed E-state index contributed by atoms with van der Waals surface area (Å²) < 4.78 is 30.7. The van der Waals surface area contributed by atoms with Gasteiger partial charge in [0.05, 0.1) is 17.2 Å². The number of carbonyl (C=O) groups is 1. The summed E-state index contributed by atoms with van der Waals surface area (Å²) in [5.41, 5.74) is 0.512. The summed E-state index contributed by atoms with van der Waals surface area (Å²) in [5.74, 6) is -3.48. The molecule has 0 radical (unpaired) electrons. The van der Waals surface area contributed by atoms with Gasteiger partial charge in [-0.05, 0) is 24.6 Å². The van der Waals surface area contributed by atoms with Gasteiger partial charge in [0.15, 0.2) is 0 Å². The molecule has 0 spiro atoms. The van der Waals surface area contributed by atoms with Gasteiger partial charge < -0.3 is 9.84 Å². The first-order chi connectivity index (χ1) is 8.80. The molecule has 1 aromatic rings. The van der Waals surface area contributed by atoms with E-state index in [2.05, 4.69) is 0 Å². The zero-order chi connectivity index (χ0) is 14.2. The topological polar surface area (TPSA) is 46.5 Å². The zero-order valence-electron chi connectivity index (χ0n) is 10.3. The second-order valence-corrected chi connectivity index (χ2v) is 5.17. The molecule has 1 N–H and O–H groups in total. The summed E-state index contributed by atoms with van der Waals surface area (Å²) in [6.07, 6.45) is -0.340. The van der Waals surface area contributed by atoms with E-state index < -0.39 is 11.9 Å². The smallest absolute Gasteiger partial charge is 0.336 e. The van der Waals surface area contributed by atoms with Crippen LogP contribution in [0.2, 0.25) is 5.02 Å². The molecule has 0 amide bonds. The monoisotopic (exact) mass is 290 g/mol. The molecule has 19 heavy (non-hydrogen) atoms. The summed E-state index contributed by atoms with van der Waals surface area (Å²) in [6, 6.07) is 2.85. The van der Waals surface area contributed by atoms with Gasteiger partial charge in [0.1, 0.15) is 5.75 Å². The van der Waals surface area contributed by atoms with Crippen molar-refractivity contribution in [3.05, 3.63) is 28.3 Å². The van der Waals surface area contributed by atoms with Crippen molar-refractivity contribution < 1.29 is 23.4 Å². The average molecular weight is 291 g/mol. The third kappa shape index (κ3) is 2.97. The first kappa shape index (κ1) is 14.1. The highest BCUT2D eigenvalue weighted by Crippen LogP contribution is 2.42. The Bertz CT molecular complexity index is 509. The quantitative estimate of drug-likeness (QED) is 0.918. The Morgan fingerprint density at radius 2 is 2.16 bits per heavy atom. The van der Waals surface area contributed by atoms with Gasteiger partial charge in [-0.25, -0.2) is 13.6 Å². The fraction of sp³-hybridized carbons (Fsp3) is 0.462. The van der Waals surface area contributed by atoms with Crippen LogP contribution in [0.15, 0.2) is 12.1 Å². The number of benzene rings is 1. The number of carboxylic acid groups (broad SMARTS) is 1. The summed E-state index contributed by atoms with van der Waals surface area (Å²) in [6.45, 7) is 1.75. The Morgan fingerprint density at radius 1 is 1.53 bits per heavy atom. The molecule has 2 rings (SSSR count). The molecular weight excluding hydrogens is 278 g/mol. The second-order valence-electron chi connectivity index (χ2n) is 4.80. The number of hydrogen-bond acceptors (Lipinski definition) is 2. The van der Waals surface area contributed by atoms with E-state index in [4.69, 9.17) is 21.4 Å². The molecule has 1 fully saturated rings. The van der Waals surface area contributed by atoms with Gasteiger partial charge in [-0.1, -0.05) is 11.6 Å². The average Bonchev–Trinajstić information content (AvgIpc) is 2.27. The highest BCUT2D eigenvalue weighted by Gasteiger charge is 2.45. The number of rotatable bonds is 4. The SMILES string of the molecule is Cc1c(C(=O)O)ccc(OCC2CC(F)(F)C2)c1Cl. The molecule has 1 aliphatic rings. The van der Waals surface area contributed by atoms with E-state index >= 15 is 0 Å². The van der Waals surface area contributed by atoms with Gasteiger partial charge in [-0.15, -0.1) is 0 Å². The third-order valence-electron chi connectivity index (χ3n) is 3.23. The lowest BCUT2D eigenvalue weighted by Crippen LogP contribution is -2.38. The molecule has 104 valence electrons. The van der Waals surface area contributed by atoms with Gasteiger partial charge in [0.2, 0.25) is 5.92 Å². The first-order valence-corrected chi connectivity index (χ1v) is 6.21. The lowest BCUT2D eigenvalue weighted by molar-refractivity contribution is -0.119. The van der Waals surface area contributed by atoms with Gasteiger partial charge in [0.25, 0.3) is 0 Å². The summed E-state index contributed by atoms with van der Waals surface area (Å²) in [4.78, 5) is 10.9. The lowest BCUT2D eigenvalue weighted by Gasteiger charge is -2.34. The first-order valence-electron chi connectivity index (χ1n) is 5.83. The van der Waals surface area contributed by atoms with Gasteiger partial charge in [-0.2, -0.15) is 0 Å². The van der Waals surface area contributed by atoms with Gasteiger partial charge in [0, 0.05) is 18.8 Å². The Hall–Kier alpha value is -1.36. The van der Waals surface area contributed by atoms with Crippen LogP contribution in [-0.2, 0) is 0 Å². The minimum absolute atomic E-state index is 0.104. The summed E-state index contributed by atoms with van der Waals surface area (Å²) in [5, 5.41) is 9.14. The minimum atomic E-state index is -2.57. The molecule has 0 aliphatic heterocycles. The number of aromatic carboxylic acids is 1. The fourth-order valence-electron chi connectivity index (χ4n) is 2.11. The molecule has 0 saturated heterocycles. The largest absolute Gasteiger partial charge is 0.492 e. The van der Waals surface area contributed by atoms with Crippen LogP contribution in [-0.4, -0.2) is 23.6 Å². The number of hydrogen-bond donors (Lipinski definition) is 1. The molecule has 1 aliphatic carbocycles. The van der Waals surface area contributed by atoms with Crippen molar-refractivity contribution in [2.75, 3.05) is 6.61 Å². The Morgan fingerprint density at radius 3 is 2.68 bits per heavy atom. The zero-order valence-corrected chi connectivity index (χ0v) is 11.0. The van der Waals surface area contributed by atoms with E-state index in [0.29, 0.717) is 11.3 Å². The van der Waals surface area contributed by atoms with Crippen LogP contribution < -0.4 is 4.74 Å². The molecule has 0 bridgehead atoms. The highest BCUT2D eigenvalue weighted by atomic mass is 35.5. The van der Waals surface area contributed by atoms with Crippen LogP contribution in [0.5, 0.6) is 5.75 Å². The molecule has 0 unspecified atom stereocenters. The number of ether oxygens (including phenoxy) is 1. The Labute approximate surface area is 114 Å². The molecule has 0 atom stereocenters. The van der Waals surface area contributed by atoms with Crippen molar-refractivity contribution in [3.63, 3.8) is 0 Å².